The fraction of sp³-hybridized carbons (Fsp3) is 0.286. The van der Waals surface area contributed by atoms with Gasteiger partial charge in [-0.3, -0.25) is 5.10 Å². The first-order valence-corrected chi connectivity index (χ1v) is 7.62. The topological polar surface area (TPSA) is 46.5 Å². The number of aromatic nitrogens is 4. The molecule has 1 unspecified atom stereocenters. The molecule has 0 saturated heterocycles. The van der Waals surface area contributed by atoms with Crippen molar-refractivity contribution >= 4 is 22.9 Å². The van der Waals surface area contributed by atoms with Gasteiger partial charge in [0.25, 0.3) is 0 Å². The van der Waals surface area contributed by atoms with Crippen LogP contribution in [0.1, 0.15) is 24.4 Å². The zero-order valence-electron chi connectivity index (χ0n) is 11.3. The summed E-state index contributed by atoms with van der Waals surface area (Å²) in [6.45, 7) is 4.18. The summed E-state index contributed by atoms with van der Waals surface area (Å²) in [5, 5.41) is 7.27. The van der Waals surface area contributed by atoms with Gasteiger partial charge in [0.15, 0.2) is 0 Å². The van der Waals surface area contributed by atoms with Crippen LogP contribution in [0.5, 0.6) is 0 Å². The van der Waals surface area contributed by atoms with Gasteiger partial charge in [-0.15, -0.1) is 11.3 Å². The highest BCUT2D eigenvalue weighted by Gasteiger charge is 2.14. The highest BCUT2D eigenvalue weighted by Crippen LogP contribution is 2.31. The second-order valence-corrected chi connectivity index (χ2v) is 6.57. The van der Waals surface area contributed by atoms with Gasteiger partial charge in [0.05, 0.1) is 14.9 Å². The van der Waals surface area contributed by atoms with Crippen LogP contribution < -0.4 is 0 Å². The van der Waals surface area contributed by atoms with Crippen molar-refractivity contribution in [3.63, 3.8) is 0 Å². The van der Waals surface area contributed by atoms with E-state index in [0.29, 0.717) is 0 Å². The molecule has 0 fully saturated rings. The Balaban J connectivity index is 1.85. The molecule has 1 N–H and O–H groups in total. The highest BCUT2D eigenvalue weighted by molar-refractivity contribution is 7.19. The minimum atomic E-state index is 0.288. The molecular formula is C14H15ClN4S. The van der Waals surface area contributed by atoms with Crippen LogP contribution in [0.25, 0.3) is 10.7 Å². The third-order valence-electron chi connectivity index (χ3n) is 3.20. The van der Waals surface area contributed by atoms with Crippen molar-refractivity contribution in [1.29, 1.82) is 0 Å². The SMILES string of the molecule is Cc1cc(CC(C)n2ccnc2-c2ccc(Cl)s2)n[nH]1. The molecule has 0 aliphatic carbocycles. The monoisotopic (exact) mass is 306 g/mol. The predicted molar refractivity (Wildman–Crippen MR) is 82.3 cm³/mol. The van der Waals surface area contributed by atoms with E-state index in [0.717, 1.165) is 32.8 Å². The number of aryl methyl sites for hydroxylation is 1. The summed E-state index contributed by atoms with van der Waals surface area (Å²) < 4.78 is 2.96. The van der Waals surface area contributed by atoms with E-state index in [1.54, 1.807) is 11.3 Å². The van der Waals surface area contributed by atoms with Crippen molar-refractivity contribution in [2.75, 3.05) is 0 Å². The molecule has 104 valence electrons. The quantitative estimate of drug-likeness (QED) is 0.789. The standard InChI is InChI=1S/C14H15ClN4S/c1-9-7-11(18-17-9)8-10(2)19-6-5-16-14(19)12-3-4-13(15)20-12/h3-7,10H,8H2,1-2H3,(H,17,18). The van der Waals surface area contributed by atoms with Crippen molar-refractivity contribution in [1.82, 2.24) is 19.7 Å². The Morgan fingerprint density at radius 1 is 1.45 bits per heavy atom. The molecule has 0 spiro atoms. The Morgan fingerprint density at radius 3 is 2.95 bits per heavy atom. The summed E-state index contributed by atoms with van der Waals surface area (Å²) in [6, 6.07) is 6.28. The van der Waals surface area contributed by atoms with Gasteiger partial charge < -0.3 is 4.57 Å². The van der Waals surface area contributed by atoms with Gasteiger partial charge in [-0.1, -0.05) is 11.6 Å². The molecule has 1 atom stereocenters. The van der Waals surface area contributed by atoms with Crippen LogP contribution in [0.15, 0.2) is 30.6 Å². The molecule has 3 aromatic rings. The smallest absolute Gasteiger partial charge is 0.150 e. The van der Waals surface area contributed by atoms with Crippen LogP contribution in [0.2, 0.25) is 4.34 Å². The molecule has 0 aliphatic rings. The molecule has 3 rings (SSSR count). The van der Waals surface area contributed by atoms with E-state index in [-0.39, 0.29) is 6.04 Å². The fourth-order valence-electron chi connectivity index (χ4n) is 2.27. The van der Waals surface area contributed by atoms with Crippen molar-refractivity contribution in [3.05, 3.63) is 46.3 Å². The number of imidazole rings is 1. The molecule has 4 nitrogen and oxygen atoms in total. The van der Waals surface area contributed by atoms with Crippen LogP contribution in [0.4, 0.5) is 0 Å². The minimum absolute atomic E-state index is 0.288. The van der Waals surface area contributed by atoms with Gasteiger partial charge in [-0.05, 0) is 32.0 Å². The van der Waals surface area contributed by atoms with Crippen LogP contribution in [0, 0.1) is 6.92 Å². The fourth-order valence-corrected chi connectivity index (χ4v) is 3.32. The van der Waals surface area contributed by atoms with Gasteiger partial charge in [0.1, 0.15) is 5.82 Å². The van der Waals surface area contributed by atoms with Crippen molar-refractivity contribution < 1.29 is 0 Å². The number of hydrogen-bond donors (Lipinski definition) is 1. The predicted octanol–water partition coefficient (Wildman–Crippen LogP) is 4.10. The molecule has 6 heteroatoms. The van der Waals surface area contributed by atoms with Crippen LogP contribution >= 0.6 is 22.9 Å². The molecule has 20 heavy (non-hydrogen) atoms. The second kappa shape index (κ2) is 5.42. The first kappa shape index (κ1) is 13.4. The highest BCUT2D eigenvalue weighted by atomic mass is 35.5. The maximum atomic E-state index is 6.01. The third-order valence-corrected chi connectivity index (χ3v) is 4.43. The largest absolute Gasteiger partial charge is 0.327 e. The number of nitrogens with one attached hydrogen (secondary N) is 1. The number of halogens is 1. The van der Waals surface area contributed by atoms with Crippen LogP contribution in [-0.4, -0.2) is 19.7 Å². The Labute approximate surface area is 126 Å². The molecule has 0 aliphatic heterocycles. The summed E-state index contributed by atoms with van der Waals surface area (Å²) in [7, 11) is 0. The Morgan fingerprint density at radius 2 is 2.30 bits per heavy atom. The van der Waals surface area contributed by atoms with E-state index < -0.39 is 0 Å². The Kier molecular flexibility index (Phi) is 3.63. The Hall–Kier alpha value is -1.59. The lowest BCUT2D eigenvalue weighted by Gasteiger charge is -2.14. The Bertz CT molecular complexity index is 712. The summed E-state index contributed by atoms with van der Waals surface area (Å²) in [4.78, 5) is 5.54. The van der Waals surface area contributed by atoms with Crippen molar-refractivity contribution in [2.45, 2.75) is 26.3 Å². The molecule has 0 aromatic carbocycles. The molecule has 0 amide bonds. The van der Waals surface area contributed by atoms with E-state index in [4.69, 9.17) is 11.6 Å². The van der Waals surface area contributed by atoms with Gasteiger partial charge in [0.2, 0.25) is 0 Å². The van der Waals surface area contributed by atoms with E-state index in [1.165, 1.54) is 0 Å². The zero-order valence-corrected chi connectivity index (χ0v) is 12.9. The van der Waals surface area contributed by atoms with E-state index >= 15 is 0 Å². The van der Waals surface area contributed by atoms with E-state index in [9.17, 15) is 0 Å². The number of hydrogen-bond acceptors (Lipinski definition) is 3. The molecule has 0 radical (unpaired) electrons. The van der Waals surface area contributed by atoms with Gasteiger partial charge in [-0.25, -0.2) is 4.98 Å². The van der Waals surface area contributed by atoms with Gasteiger partial charge in [-0.2, -0.15) is 5.10 Å². The lowest BCUT2D eigenvalue weighted by molar-refractivity contribution is 0.543. The van der Waals surface area contributed by atoms with Crippen molar-refractivity contribution in [2.24, 2.45) is 0 Å². The molecule has 0 bridgehead atoms. The third kappa shape index (κ3) is 2.64. The average molecular weight is 307 g/mol. The number of nitrogens with zero attached hydrogens (tertiary/aromatic N) is 3. The summed E-state index contributed by atoms with van der Waals surface area (Å²) >= 11 is 7.56. The maximum Gasteiger partial charge on any atom is 0.150 e. The number of aromatic amines is 1. The van der Waals surface area contributed by atoms with Crippen LogP contribution in [-0.2, 0) is 6.42 Å². The molecule has 3 heterocycles. The lowest BCUT2D eigenvalue weighted by Crippen LogP contribution is -2.09. The molecule has 3 aromatic heterocycles. The normalized spacial score (nSPS) is 12.8. The molecule has 0 saturated carbocycles. The van der Waals surface area contributed by atoms with Gasteiger partial charge in [0, 0.05) is 30.6 Å². The molecular weight excluding hydrogens is 292 g/mol. The number of H-pyrrole nitrogens is 1. The van der Waals surface area contributed by atoms with E-state index in [2.05, 4.69) is 32.7 Å². The first-order chi connectivity index (χ1) is 9.63. The number of rotatable bonds is 4. The average Bonchev–Trinajstić information content (AvgIpc) is 3.09. The summed E-state index contributed by atoms with van der Waals surface area (Å²) in [5.41, 5.74) is 2.15. The first-order valence-electron chi connectivity index (χ1n) is 6.43. The lowest BCUT2D eigenvalue weighted by atomic mass is 10.1. The zero-order chi connectivity index (χ0) is 14.1. The van der Waals surface area contributed by atoms with Crippen LogP contribution in [0.3, 0.4) is 0 Å². The van der Waals surface area contributed by atoms with E-state index in [1.807, 2.05) is 31.5 Å². The minimum Gasteiger partial charge on any atom is -0.327 e. The summed E-state index contributed by atoms with van der Waals surface area (Å²) in [6.07, 6.45) is 4.70. The maximum absolute atomic E-state index is 6.01. The summed E-state index contributed by atoms with van der Waals surface area (Å²) in [5.74, 6) is 0.960. The second-order valence-electron chi connectivity index (χ2n) is 4.86. The number of thiophene rings is 1. The van der Waals surface area contributed by atoms with Gasteiger partial charge >= 0.3 is 0 Å². The van der Waals surface area contributed by atoms with Crippen molar-refractivity contribution in [3.8, 4) is 10.7 Å².